The Hall–Kier alpha value is -4.70. The second-order valence-corrected chi connectivity index (χ2v) is 13.1. The molecular formula is C38H38ClFN6O2. The van der Waals surface area contributed by atoms with Crippen molar-refractivity contribution in [3.63, 3.8) is 0 Å². The number of pyridine rings is 1. The summed E-state index contributed by atoms with van der Waals surface area (Å²) < 4.78 is 25.8. The summed E-state index contributed by atoms with van der Waals surface area (Å²) in [5.74, 6) is -0.365. The molecule has 2 aliphatic rings. The number of rotatable bonds is 8. The van der Waals surface area contributed by atoms with E-state index in [9.17, 15) is 15.3 Å². The molecule has 4 heterocycles. The lowest BCUT2D eigenvalue weighted by atomic mass is 9.93. The highest BCUT2D eigenvalue weighted by Gasteiger charge is 2.33. The van der Waals surface area contributed by atoms with Gasteiger partial charge in [0.25, 0.3) is 0 Å². The summed E-state index contributed by atoms with van der Waals surface area (Å²) in [5.41, 5.74) is 2.19. The van der Waals surface area contributed by atoms with Crippen molar-refractivity contribution in [1.29, 1.82) is 10.5 Å². The molecule has 0 unspecified atom stereocenters. The first kappa shape index (κ1) is 33.2. The number of aromatic nitrogens is 2. The lowest BCUT2D eigenvalue weighted by Gasteiger charge is -2.39. The molecule has 2 aromatic carbocycles. The predicted molar refractivity (Wildman–Crippen MR) is 187 cm³/mol. The van der Waals surface area contributed by atoms with Gasteiger partial charge in [-0.05, 0) is 63.9 Å². The first-order chi connectivity index (χ1) is 23.2. The van der Waals surface area contributed by atoms with Crippen LogP contribution in [0, 0.1) is 28.5 Å². The first-order valence-electron chi connectivity index (χ1n) is 16.3. The van der Waals surface area contributed by atoms with Crippen LogP contribution in [-0.4, -0.2) is 63.6 Å². The molecule has 10 heteroatoms. The highest BCUT2D eigenvalue weighted by Crippen LogP contribution is 2.43. The van der Waals surface area contributed by atoms with Crippen molar-refractivity contribution >= 4 is 45.4 Å². The summed E-state index contributed by atoms with van der Waals surface area (Å²) in [6.07, 6.45) is 10.4. The van der Waals surface area contributed by atoms with Crippen LogP contribution < -0.4 is 4.74 Å². The van der Waals surface area contributed by atoms with E-state index in [-0.39, 0.29) is 58.2 Å². The van der Waals surface area contributed by atoms with Crippen molar-refractivity contribution in [2.45, 2.75) is 70.2 Å². The second-order valence-electron chi connectivity index (χ2n) is 12.7. The molecule has 0 saturated carbocycles. The fourth-order valence-corrected chi connectivity index (χ4v) is 7.89. The van der Waals surface area contributed by atoms with Crippen LogP contribution in [0.1, 0.15) is 63.1 Å². The minimum absolute atomic E-state index is 0.0514. The van der Waals surface area contributed by atoms with Gasteiger partial charge < -0.3 is 14.2 Å². The molecule has 2 fully saturated rings. The average molecular weight is 665 g/mol. The molecule has 8 nitrogen and oxygen atoms in total. The van der Waals surface area contributed by atoms with Crippen molar-refractivity contribution in [2.75, 3.05) is 20.1 Å². The number of amides is 1. The van der Waals surface area contributed by atoms with Crippen LogP contribution in [0.4, 0.5) is 4.39 Å². The number of fused-ring (bicyclic) bond motifs is 3. The molecule has 2 aromatic heterocycles. The fourth-order valence-electron chi connectivity index (χ4n) is 7.60. The number of hydrogen-bond donors (Lipinski definition) is 0. The highest BCUT2D eigenvalue weighted by molar-refractivity contribution is 6.35. The summed E-state index contributed by atoms with van der Waals surface area (Å²) in [6, 6.07) is 13.3. The molecule has 48 heavy (non-hydrogen) atoms. The predicted octanol–water partition coefficient (Wildman–Crippen LogP) is 8.05. The maximum atomic E-state index is 17.1. The number of nitrogens with zero attached hydrogens (tertiary/aromatic N) is 6. The Balaban J connectivity index is 1.56. The van der Waals surface area contributed by atoms with Crippen LogP contribution in [-0.2, 0) is 4.79 Å². The van der Waals surface area contributed by atoms with Crippen molar-refractivity contribution in [3.05, 3.63) is 77.2 Å². The van der Waals surface area contributed by atoms with Gasteiger partial charge in [-0.15, -0.1) is 0 Å². The zero-order chi connectivity index (χ0) is 34.1. The van der Waals surface area contributed by atoms with E-state index in [0.717, 1.165) is 30.3 Å². The molecule has 0 radical (unpaired) electrons. The topological polar surface area (TPSA) is 98.2 Å². The number of halogens is 2. The summed E-state index contributed by atoms with van der Waals surface area (Å²) in [6.45, 7) is 8.76. The van der Waals surface area contributed by atoms with Crippen molar-refractivity contribution in [2.24, 2.45) is 0 Å². The van der Waals surface area contributed by atoms with Gasteiger partial charge >= 0.3 is 0 Å². The molecule has 0 spiro atoms. The Bertz CT molecular complexity index is 2020. The lowest BCUT2D eigenvalue weighted by Crippen LogP contribution is -2.45. The van der Waals surface area contributed by atoms with Crippen LogP contribution in [0.3, 0.4) is 0 Å². The van der Waals surface area contributed by atoms with Gasteiger partial charge in [-0.25, -0.2) is 9.37 Å². The van der Waals surface area contributed by atoms with Crippen LogP contribution >= 0.6 is 11.6 Å². The molecule has 4 atom stereocenters. The zero-order valence-electron chi connectivity index (χ0n) is 27.4. The van der Waals surface area contributed by atoms with Gasteiger partial charge in [-0.2, -0.15) is 10.5 Å². The van der Waals surface area contributed by atoms with Gasteiger partial charge in [-0.3, -0.25) is 9.69 Å². The third-order valence-electron chi connectivity index (χ3n) is 9.93. The molecule has 2 saturated heterocycles. The highest BCUT2D eigenvalue weighted by atomic mass is 35.5. The van der Waals surface area contributed by atoms with Gasteiger partial charge in [0.05, 0.1) is 34.0 Å². The standard InChI is InChI=1S/C38H38ClFN6O2/c1-5-6-9-25-10-7-11-28(31(25)22-42)34-32(39)21-30-36(35(34)40)43-38(48-23(2)33-12-8-17-44(33)4)29-15-19-46(37(29)30)27-14-18-45(24(3)47)26(20-27)13-16-41/h5-7,9-11,15,19,21,23,26-27,33H,1,8,12-14,17-18,20H2,2-4H3/b9-6-/t23-,26+,27-,33-/m0/s1. The van der Waals surface area contributed by atoms with Gasteiger partial charge in [0.15, 0.2) is 5.82 Å². The first-order valence-corrected chi connectivity index (χ1v) is 16.7. The number of likely N-dealkylation sites (N-methyl/N-ethyl adjacent to an activating group) is 1. The number of carbonyl (C=O) groups is 1. The Morgan fingerprint density at radius 1 is 1.25 bits per heavy atom. The van der Waals surface area contributed by atoms with E-state index in [4.69, 9.17) is 21.3 Å². The average Bonchev–Trinajstić information content (AvgIpc) is 3.71. The lowest BCUT2D eigenvalue weighted by molar-refractivity contribution is -0.132. The smallest absolute Gasteiger partial charge is 0.223 e. The number of piperidine rings is 1. The molecule has 1 amide bonds. The van der Waals surface area contributed by atoms with Crippen molar-refractivity contribution in [1.82, 2.24) is 19.4 Å². The molecule has 6 rings (SSSR count). The molecule has 4 aromatic rings. The molecule has 0 aliphatic carbocycles. The molecular weight excluding hydrogens is 627 g/mol. The quantitative estimate of drug-likeness (QED) is 0.177. The molecule has 0 bridgehead atoms. The summed E-state index contributed by atoms with van der Waals surface area (Å²) in [5, 5.41) is 21.1. The number of nitriles is 2. The normalized spacial score (nSPS) is 20.6. The van der Waals surface area contributed by atoms with Gasteiger partial charge in [-0.1, -0.05) is 54.6 Å². The van der Waals surface area contributed by atoms with E-state index < -0.39 is 5.82 Å². The number of allylic oxidation sites excluding steroid dienone is 2. The van der Waals surface area contributed by atoms with Crippen molar-refractivity contribution in [3.8, 4) is 29.1 Å². The van der Waals surface area contributed by atoms with Crippen molar-refractivity contribution < 1.29 is 13.9 Å². The van der Waals surface area contributed by atoms with Crippen LogP contribution in [0.25, 0.3) is 39.0 Å². The molecule has 2 aliphatic heterocycles. The maximum Gasteiger partial charge on any atom is 0.223 e. The second kappa shape index (κ2) is 13.8. The van der Waals surface area contributed by atoms with Crippen LogP contribution in [0.5, 0.6) is 5.88 Å². The number of likely N-dealkylation sites (tertiary alicyclic amines) is 2. The SMILES string of the molecule is C=C/C=C\c1cccc(-c2c(Cl)cc3c(nc(O[C@@H](C)[C@@H]4CCCN4C)c4ccn([C@H]5CCN(C(C)=O)[C@H](CC#N)C5)c43)c2F)c1C#N. The van der Waals surface area contributed by atoms with E-state index in [1.54, 1.807) is 47.4 Å². The Kier molecular flexibility index (Phi) is 9.55. The zero-order valence-corrected chi connectivity index (χ0v) is 28.2. The van der Waals surface area contributed by atoms with E-state index in [1.165, 1.54) is 6.92 Å². The minimum Gasteiger partial charge on any atom is -0.472 e. The molecule has 0 N–H and O–H groups in total. The van der Waals surface area contributed by atoms with E-state index in [2.05, 4.69) is 35.2 Å². The van der Waals surface area contributed by atoms with E-state index >= 15 is 4.39 Å². The third-order valence-corrected chi connectivity index (χ3v) is 10.2. The maximum absolute atomic E-state index is 17.1. The summed E-state index contributed by atoms with van der Waals surface area (Å²) in [4.78, 5) is 21.3. The molecule has 246 valence electrons. The van der Waals surface area contributed by atoms with E-state index in [0.29, 0.717) is 41.8 Å². The van der Waals surface area contributed by atoms with Gasteiger partial charge in [0.2, 0.25) is 11.8 Å². The van der Waals surface area contributed by atoms with Gasteiger partial charge in [0, 0.05) is 54.3 Å². The van der Waals surface area contributed by atoms with E-state index in [1.807, 2.05) is 19.2 Å². The van der Waals surface area contributed by atoms with Gasteiger partial charge in [0.1, 0.15) is 17.7 Å². The van der Waals surface area contributed by atoms with Crippen LogP contribution in [0.15, 0.2) is 55.3 Å². The Labute approximate surface area is 285 Å². The summed E-state index contributed by atoms with van der Waals surface area (Å²) in [7, 11) is 2.08. The number of hydrogen-bond acceptors (Lipinski definition) is 6. The van der Waals surface area contributed by atoms with Crippen LogP contribution in [0.2, 0.25) is 5.02 Å². The summed E-state index contributed by atoms with van der Waals surface area (Å²) >= 11 is 6.94. The number of ether oxygens (including phenoxy) is 1. The Morgan fingerprint density at radius 2 is 2.06 bits per heavy atom. The third kappa shape index (κ3) is 5.94. The number of carbonyl (C=O) groups excluding carboxylic acids is 1. The minimum atomic E-state index is -0.641. The largest absolute Gasteiger partial charge is 0.472 e. The number of benzene rings is 2. The monoisotopic (exact) mass is 664 g/mol. The fraction of sp³-hybridized carbons (Fsp3) is 0.368. The Morgan fingerprint density at radius 3 is 2.75 bits per heavy atom.